The Morgan fingerprint density at radius 2 is 1.56 bits per heavy atom. The van der Waals surface area contributed by atoms with Crippen molar-refractivity contribution >= 4 is 30.0 Å². The highest BCUT2D eigenvalue weighted by molar-refractivity contribution is 5.93. The van der Waals surface area contributed by atoms with E-state index in [1.807, 2.05) is 42.5 Å². The molecule has 0 spiro atoms. The number of pyridine rings is 1. The van der Waals surface area contributed by atoms with E-state index < -0.39 is 5.97 Å². The molecule has 1 heterocycles. The second-order valence-corrected chi connectivity index (χ2v) is 7.61. The van der Waals surface area contributed by atoms with Crippen molar-refractivity contribution in [3.63, 3.8) is 0 Å². The highest BCUT2D eigenvalue weighted by Crippen LogP contribution is 2.36. The quantitative estimate of drug-likeness (QED) is 0.468. The van der Waals surface area contributed by atoms with Gasteiger partial charge in [0.05, 0.1) is 18.8 Å². The third kappa shape index (κ3) is 5.48. The van der Waals surface area contributed by atoms with E-state index in [2.05, 4.69) is 11.1 Å². The SMILES string of the molecule is COc1ccc(C(=Cc2ccncc2)c2ccc(C(=O)O)cc2)cc1OC1CCCC1.Cl. The van der Waals surface area contributed by atoms with Gasteiger partial charge in [-0.15, -0.1) is 12.4 Å². The van der Waals surface area contributed by atoms with Crippen LogP contribution in [-0.2, 0) is 0 Å². The molecule has 0 atom stereocenters. The molecular formula is C26H26ClNO4. The number of aromatic carboxylic acids is 1. The summed E-state index contributed by atoms with van der Waals surface area (Å²) in [6.45, 7) is 0. The second kappa shape index (κ2) is 10.8. The van der Waals surface area contributed by atoms with Crippen LogP contribution in [0.5, 0.6) is 11.5 Å². The molecular weight excluding hydrogens is 426 g/mol. The molecule has 0 saturated heterocycles. The van der Waals surface area contributed by atoms with Crippen LogP contribution >= 0.6 is 12.4 Å². The Morgan fingerprint density at radius 3 is 2.19 bits per heavy atom. The zero-order chi connectivity index (χ0) is 21.6. The standard InChI is InChI=1S/C26H25NO4.ClH/c1-30-24-11-10-21(17-25(24)31-22-4-2-3-5-22)23(16-18-12-14-27-15-13-18)19-6-8-20(9-7-19)26(28)29;/h6-17,22H,2-5H2,1H3,(H,28,29);1H. The smallest absolute Gasteiger partial charge is 0.335 e. The average Bonchev–Trinajstić information content (AvgIpc) is 3.31. The lowest BCUT2D eigenvalue weighted by molar-refractivity contribution is 0.0697. The number of carbonyl (C=O) groups is 1. The molecule has 1 fully saturated rings. The largest absolute Gasteiger partial charge is 0.493 e. The molecule has 0 amide bonds. The zero-order valence-corrected chi connectivity index (χ0v) is 18.7. The topological polar surface area (TPSA) is 68.7 Å². The Hall–Kier alpha value is -3.31. The van der Waals surface area contributed by atoms with Gasteiger partial charge < -0.3 is 14.6 Å². The molecule has 2 aromatic carbocycles. The first-order valence-electron chi connectivity index (χ1n) is 10.4. The van der Waals surface area contributed by atoms with E-state index in [1.54, 1.807) is 31.6 Å². The number of rotatable bonds is 7. The molecule has 166 valence electrons. The van der Waals surface area contributed by atoms with Gasteiger partial charge in [0.2, 0.25) is 0 Å². The minimum Gasteiger partial charge on any atom is -0.493 e. The molecule has 1 aliphatic carbocycles. The van der Waals surface area contributed by atoms with Crippen molar-refractivity contribution in [1.82, 2.24) is 4.98 Å². The molecule has 4 rings (SSSR count). The van der Waals surface area contributed by atoms with Gasteiger partial charge >= 0.3 is 5.97 Å². The van der Waals surface area contributed by atoms with Gasteiger partial charge in [-0.1, -0.05) is 18.2 Å². The Morgan fingerprint density at radius 1 is 0.938 bits per heavy atom. The Balaban J connectivity index is 0.00000289. The maximum atomic E-state index is 11.3. The predicted octanol–water partition coefficient (Wildman–Crippen LogP) is 6.12. The van der Waals surface area contributed by atoms with Crippen LogP contribution in [0.2, 0.25) is 0 Å². The van der Waals surface area contributed by atoms with Gasteiger partial charge in [0.15, 0.2) is 11.5 Å². The van der Waals surface area contributed by atoms with Crippen molar-refractivity contribution in [3.05, 3.63) is 89.2 Å². The zero-order valence-electron chi connectivity index (χ0n) is 17.9. The molecule has 1 saturated carbocycles. The number of aromatic nitrogens is 1. The summed E-state index contributed by atoms with van der Waals surface area (Å²) in [5.74, 6) is 0.498. The number of ether oxygens (including phenoxy) is 2. The van der Waals surface area contributed by atoms with Gasteiger partial charge in [-0.05, 0) is 90.4 Å². The van der Waals surface area contributed by atoms with Crippen molar-refractivity contribution in [2.45, 2.75) is 31.8 Å². The lowest BCUT2D eigenvalue weighted by Gasteiger charge is -2.18. The molecule has 0 aliphatic heterocycles. The van der Waals surface area contributed by atoms with E-state index in [0.29, 0.717) is 5.75 Å². The molecule has 1 N–H and O–H groups in total. The van der Waals surface area contributed by atoms with Gasteiger partial charge in [0, 0.05) is 12.4 Å². The molecule has 1 aromatic heterocycles. The van der Waals surface area contributed by atoms with Gasteiger partial charge in [-0.2, -0.15) is 0 Å². The fraction of sp³-hybridized carbons (Fsp3) is 0.231. The van der Waals surface area contributed by atoms with Crippen LogP contribution in [0.3, 0.4) is 0 Å². The summed E-state index contributed by atoms with van der Waals surface area (Å²) >= 11 is 0. The fourth-order valence-corrected chi connectivity index (χ4v) is 3.87. The summed E-state index contributed by atoms with van der Waals surface area (Å²) < 4.78 is 11.8. The maximum absolute atomic E-state index is 11.3. The van der Waals surface area contributed by atoms with Gasteiger partial charge in [0.1, 0.15) is 0 Å². The van der Waals surface area contributed by atoms with E-state index in [9.17, 15) is 9.90 Å². The van der Waals surface area contributed by atoms with Crippen LogP contribution in [0.15, 0.2) is 67.0 Å². The van der Waals surface area contributed by atoms with E-state index in [-0.39, 0.29) is 24.1 Å². The highest BCUT2D eigenvalue weighted by Gasteiger charge is 2.19. The summed E-state index contributed by atoms with van der Waals surface area (Å²) in [5, 5.41) is 9.24. The fourth-order valence-electron chi connectivity index (χ4n) is 3.87. The van der Waals surface area contributed by atoms with Crippen LogP contribution in [0.1, 0.15) is 52.7 Å². The number of halogens is 1. The van der Waals surface area contributed by atoms with Crippen LogP contribution in [0.4, 0.5) is 0 Å². The number of benzene rings is 2. The summed E-state index contributed by atoms with van der Waals surface area (Å²) in [6, 6.07) is 16.7. The second-order valence-electron chi connectivity index (χ2n) is 7.61. The Kier molecular flexibility index (Phi) is 7.90. The Labute approximate surface area is 194 Å². The third-order valence-corrected chi connectivity index (χ3v) is 5.53. The van der Waals surface area contributed by atoms with Crippen LogP contribution in [0, 0.1) is 0 Å². The third-order valence-electron chi connectivity index (χ3n) is 5.53. The van der Waals surface area contributed by atoms with E-state index in [4.69, 9.17) is 9.47 Å². The maximum Gasteiger partial charge on any atom is 0.335 e. The van der Waals surface area contributed by atoms with Crippen molar-refractivity contribution < 1.29 is 19.4 Å². The molecule has 0 radical (unpaired) electrons. The monoisotopic (exact) mass is 451 g/mol. The summed E-state index contributed by atoms with van der Waals surface area (Å²) in [7, 11) is 1.65. The average molecular weight is 452 g/mol. The van der Waals surface area contributed by atoms with Crippen molar-refractivity contribution in [2.24, 2.45) is 0 Å². The van der Waals surface area contributed by atoms with E-state index in [1.165, 1.54) is 12.8 Å². The minimum absolute atomic E-state index is 0. The minimum atomic E-state index is -0.942. The van der Waals surface area contributed by atoms with Gasteiger partial charge in [-0.25, -0.2) is 4.79 Å². The number of carboxylic acid groups (broad SMARTS) is 1. The van der Waals surface area contributed by atoms with Crippen LogP contribution in [-0.4, -0.2) is 29.3 Å². The van der Waals surface area contributed by atoms with Crippen molar-refractivity contribution in [3.8, 4) is 11.5 Å². The van der Waals surface area contributed by atoms with Crippen molar-refractivity contribution in [1.29, 1.82) is 0 Å². The molecule has 1 aliphatic rings. The van der Waals surface area contributed by atoms with Crippen LogP contribution < -0.4 is 9.47 Å². The molecule has 6 heteroatoms. The molecule has 0 unspecified atom stereocenters. The van der Waals surface area contributed by atoms with Gasteiger partial charge in [-0.3, -0.25) is 4.98 Å². The van der Waals surface area contributed by atoms with E-state index >= 15 is 0 Å². The lowest BCUT2D eigenvalue weighted by atomic mass is 9.94. The summed E-state index contributed by atoms with van der Waals surface area (Å²) in [4.78, 5) is 15.4. The molecule has 5 nitrogen and oxygen atoms in total. The molecule has 0 bridgehead atoms. The lowest BCUT2D eigenvalue weighted by Crippen LogP contribution is -2.11. The number of hydrogen-bond donors (Lipinski definition) is 1. The number of hydrogen-bond acceptors (Lipinski definition) is 4. The number of carboxylic acids is 1. The highest BCUT2D eigenvalue weighted by atomic mass is 35.5. The number of methoxy groups -OCH3 is 1. The molecule has 32 heavy (non-hydrogen) atoms. The van der Waals surface area contributed by atoms with Crippen LogP contribution in [0.25, 0.3) is 11.6 Å². The first kappa shape index (κ1) is 23.4. The predicted molar refractivity (Wildman–Crippen MR) is 128 cm³/mol. The van der Waals surface area contributed by atoms with Crippen molar-refractivity contribution in [2.75, 3.05) is 7.11 Å². The summed E-state index contributed by atoms with van der Waals surface area (Å²) in [5.41, 5.74) is 4.10. The first-order valence-corrected chi connectivity index (χ1v) is 10.4. The summed E-state index contributed by atoms with van der Waals surface area (Å²) in [6.07, 6.45) is 10.3. The molecule has 3 aromatic rings. The Bertz CT molecular complexity index is 1070. The number of nitrogens with zero attached hydrogens (tertiary/aromatic N) is 1. The first-order chi connectivity index (χ1) is 15.1. The van der Waals surface area contributed by atoms with Gasteiger partial charge in [0.25, 0.3) is 0 Å². The normalized spacial score (nSPS) is 14.0. The van der Waals surface area contributed by atoms with E-state index in [0.717, 1.165) is 40.9 Å².